The molecule has 0 fully saturated rings. The monoisotopic (exact) mass is 424 g/mol. The van der Waals surface area contributed by atoms with Gasteiger partial charge in [-0.25, -0.2) is 4.79 Å². The summed E-state index contributed by atoms with van der Waals surface area (Å²) in [5.41, 5.74) is 2.25. The number of benzene rings is 2. The number of rotatable bonds is 14. The van der Waals surface area contributed by atoms with Crippen molar-refractivity contribution in [1.82, 2.24) is 0 Å². The molecule has 1 unspecified atom stereocenters. The van der Waals surface area contributed by atoms with E-state index in [9.17, 15) is 14.7 Å². The number of carbonyl (C=O) groups is 2. The summed E-state index contributed by atoms with van der Waals surface area (Å²) >= 11 is 0. The smallest absolute Gasteiger partial charge is 0.343 e. The second-order valence-electron chi connectivity index (χ2n) is 8.20. The summed E-state index contributed by atoms with van der Waals surface area (Å²) in [5.74, 6) is -0.118. The molecule has 2 rings (SSSR count). The highest BCUT2D eigenvalue weighted by molar-refractivity contribution is 5.96. The summed E-state index contributed by atoms with van der Waals surface area (Å²) < 4.78 is 5.44. The third-order valence-corrected chi connectivity index (χ3v) is 5.46. The molecule has 0 heterocycles. The maximum absolute atomic E-state index is 12.4. The van der Waals surface area contributed by atoms with Crippen molar-refractivity contribution in [3.8, 4) is 5.75 Å². The molecule has 31 heavy (non-hydrogen) atoms. The number of ether oxygens (including phenoxy) is 1. The van der Waals surface area contributed by atoms with Crippen LogP contribution < -0.4 is 4.74 Å². The van der Waals surface area contributed by atoms with E-state index < -0.39 is 12.1 Å². The molecule has 4 nitrogen and oxygen atoms in total. The van der Waals surface area contributed by atoms with E-state index >= 15 is 0 Å². The van der Waals surface area contributed by atoms with Gasteiger partial charge in [-0.1, -0.05) is 64.5 Å². The topological polar surface area (TPSA) is 63.6 Å². The van der Waals surface area contributed by atoms with Crippen LogP contribution in [0.1, 0.15) is 97.9 Å². The highest BCUT2D eigenvalue weighted by Gasteiger charge is 2.14. The normalized spacial score (nSPS) is 11.8. The zero-order valence-electron chi connectivity index (χ0n) is 18.9. The molecule has 0 aliphatic heterocycles. The first kappa shape index (κ1) is 24.8. The van der Waals surface area contributed by atoms with E-state index in [1.54, 1.807) is 36.4 Å². The zero-order valence-corrected chi connectivity index (χ0v) is 18.9. The fraction of sp³-hybridized carbons (Fsp3) is 0.481. The third kappa shape index (κ3) is 9.06. The summed E-state index contributed by atoms with van der Waals surface area (Å²) in [7, 11) is 0. The highest BCUT2D eigenvalue weighted by atomic mass is 16.5. The van der Waals surface area contributed by atoms with Crippen LogP contribution in [0.25, 0.3) is 0 Å². The van der Waals surface area contributed by atoms with Crippen LogP contribution in [0.3, 0.4) is 0 Å². The number of Topliss-reactive ketones (excluding diaryl/α,β-unsaturated/α-hetero) is 1. The van der Waals surface area contributed by atoms with Gasteiger partial charge in [0, 0.05) is 12.0 Å². The van der Waals surface area contributed by atoms with Crippen molar-refractivity contribution in [3.05, 3.63) is 65.2 Å². The average Bonchev–Trinajstić information content (AvgIpc) is 2.77. The maximum Gasteiger partial charge on any atom is 0.343 e. The predicted octanol–water partition coefficient (Wildman–Crippen LogP) is 6.54. The quantitative estimate of drug-likeness (QED) is 0.162. The minimum absolute atomic E-state index is 0.101. The van der Waals surface area contributed by atoms with Crippen LogP contribution in [-0.4, -0.2) is 23.0 Å². The Labute approximate surface area is 186 Å². The summed E-state index contributed by atoms with van der Waals surface area (Å²) in [6.07, 6.45) is 9.14. The van der Waals surface area contributed by atoms with Crippen LogP contribution in [0, 0.1) is 0 Å². The van der Waals surface area contributed by atoms with Crippen molar-refractivity contribution in [2.24, 2.45) is 0 Å². The second-order valence-corrected chi connectivity index (χ2v) is 8.20. The Morgan fingerprint density at radius 1 is 0.806 bits per heavy atom. The Morgan fingerprint density at radius 2 is 1.42 bits per heavy atom. The number of hydrogen-bond donors (Lipinski definition) is 1. The molecule has 0 bridgehead atoms. The minimum Gasteiger partial charge on any atom is -0.423 e. The van der Waals surface area contributed by atoms with Crippen molar-refractivity contribution < 1.29 is 19.4 Å². The standard InChI is InChI=1S/C27H36O4/c1-3-5-7-9-10-21-12-14-23(15-13-21)27(30)31-25-18-16-22(17-19-25)26(29)20-24(28)11-8-6-4-2/h12-19,24,28H,3-11,20H2,1-2H3. The van der Waals surface area contributed by atoms with E-state index in [1.807, 2.05) is 12.1 Å². The molecule has 0 aromatic heterocycles. The second kappa shape index (κ2) is 13.8. The molecule has 4 heteroatoms. The summed E-state index contributed by atoms with van der Waals surface area (Å²) in [4.78, 5) is 24.7. The lowest BCUT2D eigenvalue weighted by Crippen LogP contribution is -2.13. The molecule has 2 aromatic rings. The first-order chi connectivity index (χ1) is 15.0. The van der Waals surface area contributed by atoms with Gasteiger partial charge in [0.2, 0.25) is 0 Å². The Morgan fingerprint density at radius 3 is 2.06 bits per heavy atom. The fourth-order valence-electron chi connectivity index (χ4n) is 3.50. The van der Waals surface area contributed by atoms with Gasteiger partial charge in [-0.2, -0.15) is 0 Å². The van der Waals surface area contributed by atoms with Gasteiger partial charge in [0.05, 0.1) is 11.7 Å². The highest BCUT2D eigenvalue weighted by Crippen LogP contribution is 2.18. The first-order valence-corrected chi connectivity index (χ1v) is 11.7. The minimum atomic E-state index is -0.605. The number of aliphatic hydroxyl groups excluding tert-OH is 1. The molecule has 0 aliphatic rings. The lowest BCUT2D eigenvalue weighted by atomic mass is 10.0. The van der Waals surface area contributed by atoms with Gasteiger partial charge < -0.3 is 9.84 Å². The van der Waals surface area contributed by atoms with Crippen molar-refractivity contribution in [2.45, 2.75) is 84.2 Å². The van der Waals surface area contributed by atoms with Crippen molar-refractivity contribution >= 4 is 11.8 Å². The third-order valence-electron chi connectivity index (χ3n) is 5.46. The Bertz CT molecular complexity index is 793. The molecule has 0 amide bonds. The Balaban J connectivity index is 1.83. The van der Waals surface area contributed by atoms with Gasteiger partial charge in [0.15, 0.2) is 5.78 Å². The molecular weight excluding hydrogens is 388 g/mol. The van der Waals surface area contributed by atoms with E-state index in [0.29, 0.717) is 23.3 Å². The predicted molar refractivity (Wildman–Crippen MR) is 125 cm³/mol. The van der Waals surface area contributed by atoms with Crippen molar-refractivity contribution in [2.75, 3.05) is 0 Å². The van der Waals surface area contributed by atoms with Gasteiger partial charge >= 0.3 is 5.97 Å². The Hall–Kier alpha value is -2.46. The molecule has 168 valence electrons. The SMILES string of the molecule is CCCCCCc1ccc(C(=O)Oc2ccc(C(=O)CC(O)CCCCC)cc2)cc1. The molecule has 2 aromatic carbocycles. The van der Waals surface area contributed by atoms with Crippen molar-refractivity contribution in [3.63, 3.8) is 0 Å². The van der Waals surface area contributed by atoms with E-state index in [2.05, 4.69) is 13.8 Å². The number of carbonyl (C=O) groups excluding carboxylic acids is 2. The van der Waals surface area contributed by atoms with E-state index in [4.69, 9.17) is 4.74 Å². The summed E-state index contributed by atoms with van der Waals surface area (Å²) in [6, 6.07) is 14.1. The molecule has 1 atom stereocenters. The fourth-order valence-corrected chi connectivity index (χ4v) is 3.50. The van der Waals surface area contributed by atoms with E-state index in [0.717, 1.165) is 25.7 Å². The average molecular weight is 425 g/mol. The molecule has 0 saturated carbocycles. The number of ketones is 1. The number of unbranched alkanes of at least 4 members (excludes halogenated alkanes) is 5. The lowest BCUT2D eigenvalue weighted by Gasteiger charge is -2.10. The van der Waals surface area contributed by atoms with Gasteiger partial charge in [0.1, 0.15) is 5.75 Å². The molecule has 1 N–H and O–H groups in total. The van der Waals surface area contributed by atoms with Crippen LogP contribution in [0.2, 0.25) is 0 Å². The van der Waals surface area contributed by atoms with Gasteiger partial charge in [0.25, 0.3) is 0 Å². The number of hydrogen-bond acceptors (Lipinski definition) is 4. The summed E-state index contributed by atoms with van der Waals surface area (Å²) in [5, 5.41) is 10.0. The maximum atomic E-state index is 12.4. The van der Waals surface area contributed by atoms with Crippen LogP contribution in [0.4, 0.5) is 0 Å². The summed E-state index contributed by atoms with van der Waals surface area (Å²) in [6.45, 7) is 4.31. The molecule has 0 saturated heterocycles. The van der Waals surface area contributed by atoms with Crippen LogP contribution in [0.5, 0.6) is 5.75 Å². The lowest BCUT2D eigenvalue weighted by molar-refractivity contribution is 0.0734. The van der Waals surface area contributed by atoms with E-state index in [1.165, 1.54) is 31.2 Å². The van der Waals surface area contributed by atoms with Gasteiger partial charge in [-0.3, -0.25) is 4.79 Å². The van der Waals surface area contributed by atoms with Crippen LogP contribution >= 0.6 is 0 Å². The largest absolute Gasteiger partial charge is 0.423 e. The first-order valence-electron chi connectivity index (χ1n) is 11.7. The van der Waals surface area contributed by atoms with Crippen LogP contribution in [-0.2, 0) is 6.42 Å². The molecule has 0 aliphatic carbocycles. The molecule has 0 radical (unpaired) electrons. The number of aryl methyl sites for hydroxylation is 1. The molecule has 0 spiro atoms. The van der Waals surface area contributed by atoms with Gasteiger partial charge in [-0.05, 0) is 61.2 Å². The van der Waals surface area contributed by atoms with Crippen molar-refractivity contribution in [1.29, 1.82) is 0 Å². The zero-order chi connectivity index (χ0) is 22.5. The number of esters is 1. The van der Waals surface area contributed by atoms with E-state index in [-0.39, 0.29) is 12.2 Å². The molecular formula is C27H36O4. The van der Waals surface area contributed by atoms with Crippen LogP contribution in [0.15, 0.2) is 48.5 Å². The number of aliphatic hydroxyl groups is 1. The Kier molecular flexibility index (Phi) is 11.0. The van der Waals surface area contributed by atoms with Gasteiger partial charge in [-0.15, -0.1) is 0 Å².